The Labute approximate surface area is 68.7 Å². The van der Waals surface area contributed by atoms with Crippen molar-refractivity contribution in [3.63, 3.8) is 0 Å². The molecule has 1 fully saturated rings. The predicted octanol–water partition coefficient (Wildman–Crippen LogP) is 0.132. The largest absolute Gasteiger partial charge is 0.370 e. The van der Waals surface area contributed by atoms with Crippen molar-refractivity contribution in [3.8, 4) is 0 Å². The second kappa shape index (κ2) is 4.70. The van der Waals surface area contributed by atoms with Gasteiger partial charge in [0.15, 0.2) is 0 Å². The topological polar surface area (TPSA) is 24.5 Å². The zero-order valence-electron chi connectivity index (χ0n) is 7.47. The van der Waals surface area contributed by atoms with Crippen LogP contribution in [-0.4, -0.2) is 45.4 Å². The van der Waals surface area contributed by atoms with E-state index in [1.807, 2.05) is 0 Å². The van der Waals surface area contributed by atoms with E-state index in [9.17, 15) is 0 Å². The van der Waals surface area contributed by atoms with Crippen LogP contribution >= 0.6 is 0 Å². The molecule has 0 spiro atoms. The quantitative estimate of drug-likeness (QED) is 0.465. The fourth-order valence-electron chi connectivity index (χ4n) is 1.56. The molecule has 0 aromatic rings. The summed E-state index contributed by atoms with van der Waals surface area (Å²) in [6.45, 7) is 4.26. The van der Waals surface area contributed by atoms with Gasteiger partial charge in [0.25, 0.3) is 0 Å². The van der Waals surface area contributed by atoms with Crippen LogP contribution in [0.5, 0.6) is 0 Å². The molecular formula is C8H18N2O. The van der Waals surface area contributed by atoms with Crippen molar-refractivity contribution in [2.24, 2.45) is 5.92 Å². The normalized spacial score (nSPS) is 26.2. The van der Waals surface area contributed by atoms with Crippen molar-refractivity contribution in [1.29, 1.82) is 0 Å². The number of hydrogen-bond donors (Lipinski definition) is 1. The second-order valence-electron chi connectivity index (χ2n) is 3.30. The summed E-state index contributed by atoms with van der Waals surface area (Å²) in [7, 11) is 3.89. The van der Waals surface area contributed by atoms with Crippen LogP contribution < -0.4 is 5.32 Å². The van der Waals surface area contributed by atoms with E-state index in [1.165, 1.54) is 19.5 Å². The van der Waals surface area contributed by atoms with Gasteiger partial charge in [-0.1, -0.05) is 0 Å². The number of methoxy groups -OCH3 is 1. The first kappa shape index (κ1) is 8.97. The molecular weight excluding hydrogens is 140 g/mol. The van der Waals surface area contributed by atoms with E-state index in [2.05, 4.69) is 17.3 Å². The molecule has 0 aliphatic carbocycles. The highest BCUT2D eigenvalue weighted by Crippen LogP contribution is 2.12. The molecule has 1 rings (SSSR count). The van der Waals surface area contributed by atoms with Gasteiger partial charge in [0.2, 0.25) is 0 Å². The van der Waals surface area contributed by atoms with E-state index in [4.69, 9.17) is 4.74 Å². The van der Waals surface area contributed by atoms with Crippen molar-refractivity contribution in [3.05, 3.63) is 0 Å². The minimum atomic E-state index is 0.681. The van der Waals surface area contributed by atoms with Gasteiger partial charge < -0.3 is 9.64 Å². The third-order valence-electron chi connectivity index (χ3n) is 2.17. The van der Waals surface area contributed by atoms with Crippen LogP contribution in [0.4, 0.5) is 0 Å². The van der Waals surface area contributed by atoms with Crippen molar-refractivity contribution in [2.45, 2.75) is 6.42 Å². The summed E-state index contributed by atoms with van der Waals surface area (Å²) in [5, 5.41) is 3.25. The third-order valence-corrected chi connectivity index (χ3v) is 2.17. The van der Waals surface area contributed by atoms with Gasteiger partial charge in [-0.2, -0.15) is 0 Å². The molecule has 0 radical (unpaired) electrons. The van der Waals surface area contributed by atoms with Gasteiger partial charge in [0, 0.05) is 20.2 Å². The Kier molecular flexibility index (Phi) is 3.83. The maximum absolute atomic E-state index is 4.90. The smallest absolute Gasteiger partial charge is 0.0961 e. The lowest BCUT2D eigenvalue weighted by molar-refractivity contribution is 0.170. The van der Waals surface area contributed by atoms with E-state index < -0.39 is 0 Å². The van der Waals surface area contributed by atoms with Crippen molar-refractivity contribution >= 4 is 0 Å². The zero-order chi connectivity index (χ0) is 8.10. The first-order chi connectivity index (χ1) is 5.33. The molecule has 1 N–H and O–H groups in total. The lowest BCUT2D eigenvalue weighted by Crippen LogP contribution is -2.26. The Morgan fingerprint density at radius 3 is 3.00 bits per heavy atom. The number of ether oxygens (including phenoxy) is 1. The highest BCUT2D eigenvalue weighted by molar-refractivity contribution is 4.73. The molecule has 1 unspecified atom stereocenters. The molecule has 66 valence electrons. The summed E-state index contributed by atoms with van der Waals surface area (Å²) in [6, 6.07) is 0. The summed E-state index contributed by atoms with van der Waals surface area (Å²) >= 11 is 0. The van der Waals surface area contributed by atoms with E-state index in [0.29, 0.717) is 6.73 Å². The Morgan fingerprint density at radius 1 is 1.64 bits per heavy atom. The molecule has 1 saturated heterocycles. The van der Waals surface area contributed by atoms with Gasteiger partial charge in [0.05, 0.1) is 6.73 Å². The molecule has 3 nitrogen and oxygen atoms in total. The van der Waals surface area contributed by atoms with Crippen LogP contribution in [0.25, 0.3) is 0 Å². The predicted molar refractivity (Wildman–Crippen MR) is 45.5 cm³/mol. The Bertz CT molecular complexity index is 108. The number of nitrogens with one attached hydrogen (secondary N) is 1. The van der Waals surface area contributed by atoms with Crippen LogP contribution in [0.15, 0.2) is 0 Å². The van der Waals surface area contributed by atoms with Crippen LogP contribution in [0.3, 0.4) is 0 Å². The Hall–Kier alpha value is -0.120. The van der Waals surface area contributed by atoms with E-state index in [-0.39, 0.29) is 0 Å². The third kappa shape index (κ3) is 3.18. The van der Waals surface area contributed by atoms with Crippen LogP contribution in [0.1, 0.15) is 6.42 Å². The summed E-state index contributed by atoms with van der Waals surface area (Å²) in [5.41, 5.74) is 0. The molecule has 0 amide bonds. The highest BCUT2D eigenvalue weighted by Gasteiger charge is 2.18. The molecule has 11 heavy (non-hydrogen) atoms. The molecule has 0 bridgehead atoms. The van der Waals surface area contributed by atoms with Gasteiger partial charge in [-0.25, -0.2) is 0 Å². The molecule has 0 aromatic heterocycles. The zero-order valence-corrected chi connectivity index (χ0v) is 7.47. The average Bonchev–Trinajstić information content (AvgIpc) is 2.37. The lowest BCUT2D eigenvalue weighted by Gasteiger charge is -2.10. The second-order valence-corrected chi connectivity index (χ2v) is 3.30. The van der Waals surface area contributed by atoms with Crippen molar-refractivity contribution in [2.75, 3.05) is 40.5 Å². The molecule has 1 atom stereocenters. The standard InChI is InChI=1S/C8H18N2O/c1-10-4-3-8(6-10)5-9-7-11-2/h8-9H,3-7H2,1-2H3. The van der Waals surface area contributed by atoms with Crippen LogP contribution in [0.2, 0.25) is 0 Å². The first-order valence-corrected chi connectivity index (χ1v) is 4.21. The van der Waals surface area contributed by atoms with E-state index in [0.717, 1.165) is 12.5 Å². The maximum Gasteiger partial charge on any atom is 0.0961 e. The fourth-order valence-corrected chi connectivity index (χ4v) is 1.56. The summed E-state index contributed by atoms with van der Waals surface area (Å²) < 4.78 is 4.90. The van der Waals surface area contributed by atoms with Crippen molar-refractivity contribution < 1.29 is 4.74 Å². The van der Waals surface area contributed by atoms with E-state index in [1.54, 1.807) is 7.11 Å². The molecule has 1 heterocycles. The maximum atomic E-state index is 4.90. The minimum absolute atomic E-state index is 0.681. The van der Waals surface area contributed by atoms with Gasteiger partial charge >= 0.3 is 0 Å². The highest BCUT2D eigenvalue weighted by atomic mass is 16.5. The van der Waals surface area contributed by atoms with Gasteiger partial charge in [-0.15, -0.1) is 0 Å². The fraction of sp³-hybridized carbons (Fsp3) is 1.00. The number of likely N-dealkylation sites (tertiary alicyclic amines) is 1. The monoisotopic (exact) mass is 158 g/mol. The minimum Gasteiger partial charge on any atom is -0.370 e. The molecule has 1 aliphatic rings. The van der Waals surface area contributed by atoms with Gasteiger partial charge in [-0.05, 0) is 25.9 Å². The molecule has 0 saturated carbocycles. The van der Waals surface area contributed by atoms with Gasteiger partial charge in [0.1, 0.15) is 0 Å². The molecule has 1 aliphatic heterocycles. The van der Waals surface area contributed by atoms with Crippen LogP contribution in [0, 0.1) is 5.92 Å². The lowest BCUT2D eigenvalue weighted by atomic mass is 10.1. The Balaban J connectivity index is 1.99. The van der Waals surface area contributed by atoms with E-state index >= 15 is 0 Å². The SMILES string of the molecule is COCNCC1CCN(C)C1. The summed E-state index contributed by atoms with van der Waals surface area (Å²) in [5.74, 6) is 0.829. The number of hydrogen-bond acceptors (Lipinski definition) is 3. The summed E-state index contributed by atoms with van der Waals surface area (Å²) in [6.07, 6.45) is 1.33. The Morgan fingerprint density at radius 2 is 2.45 bits per heavy atom. The number of rotatable bonds is 4. The van der Waals surface area contributed by atoms with Crippen LogP contribution in [-0.2, 0) is 4.74 Å². The first-order valence-electron chi connectivity index (χ1n) is 4.21. The average molecular weight is 158 g/mol. The molecule has 0 aromatic carbocycles. The van der Waals surface area contributed by atoms with Crippen molar-refractivity contribution in [1.82, 2.24) is 10.2 Å². The summed E-state index contributed by atoms with van der Waals surface area (Å²) in [4.78, 5) is 2.37. The van der Waals surface area contributed by atoms with Gasteiger partial charge in [-0.3, -0.25) is 5.32 Å². The molecule has 3 heteroatoms. The number of nitrogens with zero attached hydrogens (tertiary/aromatic N) is 1.